The summed E-state index contributed by atoms with van der Waals surface area (Å²) in [6, 6.07) is 5.45. The second-order valence-corrected chi connectivity index (χ2v) is 5.69. The first-order valence-electron chi connectivity index (χ1n) is 5.51. The van der Waals surface area contributed by atoms with Crippen molar-refractivity contribution in [3.8, 4) is 0 Å². The Morgan fingerprint density at radius 2 is 1.89 bits per heavy atom. The number of nitrogens with one attached hydrogen (secondary N) is 1. The molecule has 0 fully saturated rings. The van der Waals surface area contributed by atoms with Crippen molar-refractivity contribution in [3.05, 3.63) is 62.3 Å². The summed E-state index contributed by atoms with van der Waals surface area (Å²) in [5.41, 5.74) is 1.25. The first kappa shape index (κ1) is 14.6. The van der Waals surface area contributed by atoms with Crippen molar-refractivity contribution < 1.29 is 8.78 Å². The van der Waals surface area contributed by atoms with E-state index < -0.39 is 11.6 Å². The van der Waals surface area contributed by atoms with Crippen molar-refractivity contribution in [2.24, 2.45) is 0 Å². The van der Waals surface area contributed by atoms with Gasteiger partial charge >= 0.3 is 0 Å². The minimum absolute atomic E-state index is 0.316. The third kappa shape index (κ3) is 4.06. The fraction of sp³-hybridized carbons (Fsp3) is 0.154. The van der Waals surface area contributed by atoms with Gasteiger partial charge in [-0.15, -0.1) is 0 Å². The molecule has 0 spiro atoms. The summed E-state index contributed by atoms with van der Waals surface area (Å²) in [5, 5.41) is 3.07. The first-order valence-corrected chi connectivity index (χ1v) is 7.09. The van der Waals surface area contributed by atoms with Crippen LogP contribution in [0.5, 0.6) is 0 Å². The molecule has 0 radical (unpaired) electrons. The molecule has 0 aliphatic carbocycles. The number of rotatable bonds is 4. The molecule has 2 aromatic rings. The maximum Gasteiger partial charge on any atom is 0.130 e. The second kappa shape index (κ2) is 6.54. The van der Waals surface area contributed by atoms with Gasteiger partial charge in [-0.25, -0.2) is 8.78 Å². The number of halogens is 4. The molecule has 0 saturated heterocycles. The highest BCUT2D eigenvalue weighted by Gasteiger charge is 2.05. The summed E-state index contributed by atoms with van der Waals surface area (Å²) < 4.78 is 27.9. The highest BCUT2D eigenvalue weighted by Crippen LogP contribution is 2.19. The average molecular weight is 392 g/mol. The maximum absolute atomic E-state index is 13.4. The van der Waals surface area contributed by atoms with Gasteiger partial charge in [-0.1, -0.05) is 6.07 Å². The number of nitrogens with zero attached hydrogens (tertiary/aromatic N) is 1. The molecule has 1 N–H and O–H groups in total. The molecule has 1 heterocycles. The topological polar surface area (TPSA) is 24.9 Å². The molecule has 0 unspecified atom stereocenters. The molecule has 2 nitrogen and oxygen atoms in total. The Morgan fingerprint density at radius 1 is 1.11 bits per heavy atom. The normalized spacial score (nSPS) is 10.7. The lowest BCUT2D eigenvalue weighted by Gasteiger charge is -2.07. The third-order valence-electron chi connectivity index (χ3n) is 2.51. The Hall–Kier alpha value is -0.850. The monoisotopic (exact) mass is 390 g/mol. The Labute approximate surface area is 126 Å². The van der Waals surface area contributed by atoms with E-state index in [2.05, 4.69) is 42.2 Å². The highest BCUT2D eigenvalue weighted by atomic mass is 79.9. The minimum atomic E-state index is -0.571. The molecule has 0 aliphatic rings. The van der Waals surface area contributed by atoms with Crippen LogP contribution in [0.4, 0.5) is 8.78 Å². The zero-order chi connectivity index (χ0) is 13.8. The van der Waals surface area contributed by atoms with Gasteiger partial charge in [-0.2, -0.15) is 0 Å². The summed E-state index contributed by atoms with van der Waals surface area (Å²) in [5.74, 6) is -1.12. The molecule has 100 valence electrons. The maximum atomic E-state index is 13.4. The summed E-state index contributed by atoms with van der Waals surface area (Å²) in [6.07, 6.45) is 1.69. The SMILES string of the molecule is Fc1ccc(CNCc2ncc(Br)cc2Br)c(F)c1. The molecule has 19 heavy (non-hydrogen) atoms. The molecule has 1 aromatic heterocycles. The van der Waals surface area contributed by atoms with Crippen molar-refractivity contribution >= 4 is 31.9 Å². The van der Waals surface area contributed by atoms with E-state index in [0.717, 1.165) is 20.7 Å². The van der Waals surface area contributed by atoms with Crippen molar-refractivity contribution in [3.63, 3.8) is 0 Å². The van der Waals surface area contributed by atoms with Gasteiger partial charge in [0.1, 0.15) is 11.6 Å². The van der Waals surface area contributed by atoms with Crippen LogP contribution in [-0.2, 0) is 13.1 Å². The number of benzene rings is 1. The smallest absolute Gasteiger partial charge is 0.130 e. The Morgan fingerprint density at radius 3 is 2.58 bits per heavy atom. The van der Waals surface area contributed by atoms with Gasteiger partial charge < -0.3 is 5.32 Å². The fourth-order valence-corrected chi connectivity index (χ4v) is 2.68. The van der Waals surface area contributed by atoms with Crippen LogP contribution in [0.3, 0.4) is 0 Å². The summed E-state index contributed by atoms with van der Waals surface area (Å²) >= 11 is 6.72. The summed E-state index contributed by atoms with van der Waals surface area (Å²) in [6.45, 7) is 0.807. The Kier molecular flexibility index (Phi) is 5.01. The number of aromatic nitrogens is 1. The molecular formula is C13H10Br2F2N2. The number of pyridine rings is 1. The lowest BCUT2D eigenvalue weighted by Crippen LogP contribution is -2.15. The van der Waals surface area contributed by atoms with E-state index in [0.29, 0.717) is 18.7 Å². The van der Waals surface area contributed by atoms with Crippen LogP contribution in [0.1, 0.15) is 11.3 Å². The molecule has 0 amide bonds. The Bertz CT molecular complexity index is 539. The molecule has 2 rings (SSSR count). The zero-order valence-electron chi connectivity index (χ0n) is 9.76. The van der Waals surface area contributed by atoms with Gasteiger partial charge in [0.05, 0.1) is 5.69 Å². The predicted molar refractivity (Wildman–Crippen MR) is 76.5 cm³/mol. The Balaban J connectivity index is 1.96. The van der Waals surface area contributed by atoms with Crippen molar-refractivity contribution in [2.75, 3.05) is 0 Å². The van der Waals surface area contributed by atoms with Crippen LogP contribution in [-0.4, -0.2) is 4.98 Å². The molecule has 6 heteroatoms. The van der Waals surface area contributed by atoms with E-state index in [1.54, 1.807) is 6.20 Å². The van der Waals surface area contributed by atoms with Gasteiger partial charge in [0.15, 0.2) is 0 Å². The van der Waals surface area contributed by atoms with E-state index in [-0.39, 0.29) is 0 Å². The van der Waals surface area contributed by atoms with E-state index in [1.165, 1.54) is 12.1 Å². The second-order valence-electron chi connectivity index (χ2n) is 3.92. The molecule has 0 saturated carbocycles. The summed E-state index contributed by atoms with van der Waals surface area (Å²) in [7, 11) is 0. The van der Waals surface area contributed by atoms with Crippen molar-refractivity contribution in [1.29, 1.82) is 0 Å². The number of hydrogen-bond acceptors (Lipinski definition) is 2. The fourth-order valence-electron chi connectivity index (χ4n) is 1.55. The number of hydrogen-bond donors (Lipinski definition) is 1. The van der Waals surface area contributed by atoms with E-state index in [9.17, 15) is 8.78 Å². The molecule has 1 aromatic carbocycles. The average Bonchev–Trinajstić information content (AvgIpc) is 2.34. The molecule has 0 aliphatic heterocycles. The lowest BCUT2D eigenvalue weighted by molar-refractivity contribution is 0.559. The van der Waals surface area contributed by atoms with Gasteiger partial charge in [0, 0.05) is 39.9 Å². The van der Waals surface area contributed by atoms with Crippen LogP contribution in [0.25, 0.3) is 0 Å². The molecule has 0 atom stereocenters. The van der Waals surface area contributed by atoms with Crippen LogP contribution in [0.2, 0.25) is 0 Å². The molecule has 0 bridgehead atoms. The predicted octanol–water partition coefficient (Wildman–Crippen LogP) is 4.17. The third-order valence-corrected chi connectivity index (χ3v) is 3.63. The van der Waals surface area contributed by atoms with E-state index >= 15 is 0 Å². The quantitative estimate of drug-likeness (QED) is 0.845. The largest absolute Gasteiger partial charge is 0.307 e. The van der Waals surface area contributed by atoms with Gasteiger partial charge in [-0.3, -0.25) is 4.98 Å². The van der Waals surface area contributed by atoms with Gasteiger partial charge in [0.25, 0.3) is 0 Å². The van der Waals surface area contributed by atoms with Crippen LogP contribution >= 0.6 is 31.9 Å². The summed E-state index contributed by atoms with van der Waals surface area (Å²) in [4.78, 5) is 4.24. The standard InChI is InChI=1S/C13H10Br2F2N2/c14-9-3-11(15)13(19-6-9)7-18-5-8-1-2-10(16)4-12(8)17/h1-4,6,18H,5,7H2. The highest BCUT2D eigenvalue weighted by molar-refractivity contribution is 9.11. The van der Waals surface area contributed by atoms with Crippen LogP contribution in [0.15, 0.2) is 39.4 Å². The van der Waals surface area contributed by atoms with Gasteiger partial charge in [-0.05, 0) is 44.0 Å². The minimum Gasteiger partial charge on any atom is -0.307 e. The van der Waals surface area contributed by atoms with E-state index in [1.807, 2.05) is 6.07 Å². The molecular weight excluding hydrogens is 382 g/mol. The lowest BCUT2D eigenvalue weighted by atomic mass is 10.2. The van der Waals surface area contributed by atoms with Crippen LogP contribution in [0, 0.1) is 11.6 Å². The zero-order valence-corrected chi connectivity index (χ0v) is 12.9. The van der Waals surface area contributed by atoms with Crippen molar-refractivity contribution in [2.45, 2.75) is 13.1 Å². The van der Waals surface area contributed by atoms with Gasteiger partial charge in [0.2, 0.25) is 0 Å². The van der Waals surface area contributed by atoms with Crippen molar-refractivity contribution in [1.82, 2.24) is 10.3 Å². The van der Waals surface area contributed by atoms with E-state index in [4.69, 9.17) is 0 Å². The first-order chi connectivity index (χ1) is 9.06. The van der Waals surface area contributed by atoms with Crippen LogP contribution < -0.4 is 5.32 Å².